The van der Waals surface area contributed by atoms with Gasteiger partial charge in [-0.25, -0.2) is 0 Å². The van der Waals surface area contributed by atoms with Crippen molar-refractivity contribution in [1.82, 2.24) is 4.90 Å². The Balaban J connectivity index is 1.72. The minimum absolute atomic E-state index is 0.0819. The van der Waals surface area contributed by atoms with E-state index >= 15 is 0 Å². The number of hydrogen-bond acceptors (Lipinski definition) is 2. The average molecular weight is 320 g/mol. The molecule has 4 atom stereocenters. The number of piperidine rings is 1. The fraction of sp³-hybridized carbons (Fsp3) is 0.571. The number of rotatable bonds is 1. The zero-order valence-electron chi connectivity index (χ0n) is 14.1. The molecule has 1 aromatic rings. The molecule has 124 valence electrons. The van der Waals surface area contributed by atoms with Gasteiger partial charge in [0.25, 0.3) is 0 Å². The quantitative estimate of drug-likeness (QED) is 0.586. The van der Waals surface area contributed by atoms with Gasteiger partial charge in [-0.2, -0.15) is 0 Å². The number of carbonyl (C=O) groups is 1. The van der Waals surface area contributed by atoms with E-state index in [0.29, 0.717) is 11.5 Å². The lowest BCUT2D eigenvalue weighted by Gasteiger charge is -2.68. The van der Waals surface area contributed by atoms with Gasteiger partial charge in [-0.1, -0.05) is 24.8 Å². The summed E-state index contributed by atoms with van der Waals surface area (Å²) in [4.78, 5) is 17.1. The number of carbonyl (C=O) groups excluding carboxylic acids is 1. The number of fused-ring (bicyclic) bond motifs is 3. The standard InChI is InChI=1S/C21H24N2O/c1-15-13-19-7-4-11-22-12-10-20(18(19)22)16-5-2-3-6-17(16)23(14-24)21(15,20)9-8-19/h2-3,5-6,14,18H,1,4,7-13H2/t18-,19+,20+,21+/m0/s1. The first-order valence-corrected chi connectivity index (χ1v) is 9.46. The first-order valence-electron chi connectivity index (χ1n) is 9.46. The van der Waals surface area contributed by atoms with Crippen LogP contribution in [0.4, 0.5) is 5.69 Å². The number of amides is 1. The number of benzene rings is 1. The van der Waals surface area contributed by atoms with Gasteiger partial charge in [0.2, 0.25) is 6.41 Å². The van der Waals surface area contributed by atoms with Crippen LogP contribution in [-0.2, 0) is 10.2 Å². The van der Waals surface area contributed by atoms with Crippen molar-refractivity contribution in [2.45, 2.75) is 55.5 Å². The maximum Gasteiger partial charge on any atom is 0.214 e. The predicted molar refractivity (Wildman–Crippen MR) is 94.0 cm³/mol. The summed E-state index contributed by atoms with van der Waals surface area (Å²) < 4.78 is 0. The molecule has 0 aromatic heterocycles. The molecule has 3 saturated carbocycles. The topological polar surface area (TPSA) is 23.6 Å². The smallest absolute Gasteiger partial charge is 0.214 e. The molecule has 0 radical (unpaired) electrons. The Labute approximate surface area is 143 Å². The summed E-state index contributed by atoms with van der Waals surface area (Å²) >= 11 is 0. The van der Waals surface area contributed by atoms with Crippen LogP contribution in [-0.4, -0.2) is 36.0 Å². The van der Waals surface area contributed by atoms with Crippen molar-refractivity contribution >= 4 is 12.1 Å². The lowest BCUT2D eigenvalue weighted by Crippen LogP contribution is -2.75. The van der Waals surface area contributed by atoms with Gasteiger partial charge in [-0.3, -0.25) is 9.69 Å². The van der Waals surface area contributed by atoms with Crippen LogP contribution in [0.25, 0.3) is 0 Å². The molecule has 0 unspecified atom stereocenters. The third-order valence-electron chi connectivity index (χ3n) is 8.36. The number of anilines is 1. The Hall–Kier alpha value is -1.61. The summed E-state index contributed by atoms with van der Waals surface area (Å²) in [5.41, 5.74) is 4.22. The van der Waals surface area contributed by atoms with Crippen molar-refractivity contribution < 1.29 is 4.79 Å². The van der Waals surface area contributed by atoms with Gasteiger partial charge in [-0.15, -0.1) is 0 Å². The second kappa shape index (κ2) is 3.96. The molecule has 1 aromatic carbocycles. The monoisotopic (exact) mass is 320 g/mol. The molecular weight excluding hydrogens is 296 g/mol. The molecule has 24 heavy (non-hydrogen) atoms. The van der Waals surface area contributed by atoms with Crippen LogP contribution in [0.1, 0.15) is 44.1 Å². The van der Waals surface area contributed by atoms with Crippen LogP contribution < -0.4 is 4.90 Å². The predicted octanol–water partition coefficient (Wildman–Crippen LogP) is 3.25. The zero-order valence-corrected chi connectivity index (χ0v) is 14.1. The first-order chi connectivity index (χ1) is 11.7. The summed E-state index contributed by atoms with van der Waals surface area (Å²) in [7, 11) is 0. The van der Waals surface area contributed by atoms with Crippen molar-refractivity contribution in [3.05, 3.63) is 42.0 Å². The van der Waals surface area contributed by atoms with Crippen molar-refractivity contribution in [2.24, 2.45) is 5.41 Å². The largest absolute Gasteiger partial charge is 0.304 e. The number of nitrogens with zero attached hydrogens (tertiary/aromatic N) is 2. The van der Waals surface area contributed by atoms with Crippen LogP contribution >= 0.6 is 0 Å². The Bertz CT molecular complexity index is 788. The molecule has 3 aliphatic carbocycles. The maximum absolute atomic E-state index is 12.3. The summed E-state index contributed by atoms with van der Waals surface area (Å²) in [5.74, 6) is 0. The molecule has 3 spiro atoms. The molecule has 3 heteroatoms. The van der Waals surface area contributed by atoms with E-state index in [9.17, 15) is 4.79 Å². The molecule has 6 aliphatic rings. The fourth-order valence-electron chi connectivity index (χ4n) is 7.93. The van der Waals surface area contributed by atoms with Crippen LogP contribution in [0.15, 0.2) is 36.4 Å². The number of para-hydroxylation sites is 1. The van der Waals surface area contributed by atoms with Crippen LogP contribution in [0.5, 0.6) is 0 Å². The highest BCUT2D eigenvalue weighted by atomic mass is 16.1. The molecule has 2 bridgehead atoms. The molecule has 5 fully saturated rings. The van der Waals surface area contributed by atoms with Gasteiger partial charge in [0.05, 0.1) is 5.54 Å². The average Bonchev–Trinajstić information content (AvgIpc) is 3.12. The molecule has 3 aliphatic heterocycles. The minimum Gasteiger partial charge on any atom is -0.304 e. The van der Waals surface area contributed by atoms with E-state index in [2.05, 4.69) is 40.6 Å². The number of hydrogen-bond donors (Lipinski definition) is 0. The van der Waals surface area contributed by atoms with Crippen molar-refractivity contribution in [2.75, 3.05) is 18.0 Å². The van der Waals surface area contributed by atoms with E-state index < -0.39 is 0 Å². The van der Waals surface area contributed by atoms with Gasteiger partial charge in [0.15, 0.2) is 0 Å². The second-order valence-electron chi connectivity index (χ2n) is 8.76. The molecule has 7 rings (SSSR count). The van der Waals surface area contributed by atoms with Gasteiger partial charge in [0, 0.05) is 17.1 Å². The Morgan fingerprint density at radius 1 is 1.12 bits per heavy atom. The van der Waals surface area contributed by atoms with Crippen molar-refractivity contribution in [1.29, 1.82) is 0 Å². The summed E-state index contributed by atoms with van der Waals surface area (Å²) in [6, 6.07) is 9.31. The fourth-order valence-corrected chi connectivity index (χ4v) is 7.93. The molecular formula is C21H24N2O. The van der Waals surface area contributed by atoms with E-state index in [1.807, 2.05) is 0 Å². The zero-order chi connectivity index (χ0) is 16.2. The molecule has 3 heterocycles. The molecule has 2 saturated heterocycles. The van der Waals surface area contributed by atoms with Crippen LogP contribution in [0.3, 0.4) is 0 Å². The maximum atomic E-state index is 12.3. The highest BCUT2D eigenvalue weighted by Crippen LogP contribution is 2.75. The third-order valence-corrected chi connectivity index (χ3v) is 8.36. The van der Waals surface area contributed by atoms with Gasteiger partial charge >= 0.3 is 0 Å². The summed E-state index contributed by atoms with van der Waals surface area (Å²) in [6.07, 6.45) is 8.42. The van der Waals surface area contributed by atoms with E-state index in [0.717, 1.165) is 24.9 Å². The van der Waals surface area contributed by atoms with Gasteiger partial charge < -0.3 is 4.90 Å². The van der Waals surface area contributed by atoms with Crippen molar-refractivity contribution in [3.63, 3.8) is 0 Å². The normalized spacial score (nSPS) is 45.1. The van der Waals surface area contributed by atoms with E-state index in [1.165, 1.54) is 49.9 Å². The van der Waals surface area contributed by atoms with E-state index in [4.69, 9.17) is 0 Å². The molecule has 3 nitrogen and oxygen atoms in total. The minimum atomic E-state index is -0.170. The molecule has 1 amide bonds. The molecule has 0 N–H and O–H groups in total. The summed E-state index contributed by atoms with van der Waals surface area (Å²) in [6.45, 7) is 7.01. The lowest BCUT2D eigenvalue weighted by molar-refractivity contribution is -0.113. The van der Waals surface area contributed by atoms with Crippen LogP contribution in [0, 0.1) is 5.41 Å². The highest BCUT2D eigenvalue weighted by molar-refractivity contribution is 5.88. The van der Waals surface area contributed by atoms with E-state index in [1.54, 1.807) is 0 Å². The van der Waals surface area contributed by atoms with Crippen molar-refractivity contribution in [3.8, 4) is 0 Å². The van der Waals surface area contributed by atoms with Gasteiger partial charge in [-0.05, 0) is 74.2 Å². The third kappa shape index (κ3) is 1.10. The Morgan fingerprint density at radius 3 is 2.83 bits per heavy atom. The summed E-state index contributed by atoms with van der Waals surface area (Å²) in [5, 5.41) is 0. The van der Waals surface area contributed by atoms with Gasteiger partial charge in [0.1, 0.15) is 0 Å². The Morgan fingerprint density at radius 2 is 2.00 bits per heavy atom. The van der Waals surface area contributed by atoms with Crippen LogP contribution in [0.2, 0.25) is 0 Å². The van der Waals surface area contributed by atoms with E-state index in [-0.39, 0.29) is 11.0 Å². The SMILES string of the molecule is C=C1C[C@@]23CCCN4CC[C@@]5(c6ccccc6N(C=O)[C@]15CC2)[C@@H]43. The first kappa shape index (κ1) is 13.7. The second-order valence-corrected chi connectivity index (χ2v) is 8.76. The Kier molecular flexibility index (Phi) is 2.25. The lowest BCUT2D eigenvalue weighted by atomic mass is 9.40. The highest BCUT2D eigenvalue weighted by Gasteiger charge is 2.78.